The molecule has 0 aliphatic carbocycles. The van der Waals surface area contributed by atoms with E-state index in [0.29, 0.717) is 0 Å². The Labute approximate surface area is 102 Å². The number of benzene rings is 1. The summed E-state index contributed by atoms with van der Waals surface area (Å²) >= 11 is 1.78. The van der Waals surface area contributed by atoms with Crippen LogP contribution in [0.2, 0.25) is 0 Å². The van der Waals surface area contributed by atoms with Gasteiger partial charge in [0.15, 0.2) is 0 Å². The molecule has 90 valence electrons. The van der Waals surface area contributed by atoms with Gasteiger partial charge in [-0.3, -0.25) is 0 Å². The summed E-state index contributed by atoms with van der Waals surface area (Å²) in [5.74, 6) is 1.91. The van der Waals surface area contributed by atoms with Gasteiger partial charge in [0.25, 0.3) is 0 Å². The largest absolute Gasteiger partial charge is 0.497 e. The zero-order chi connectivity index (χ0) is 11.8. The molecular formula is C13H20O2S. The van der Waals surface area contributed by atoms with Crippen molar-refractivity contribution in [1.82, 2.24) is 0 Å². The molecule has 1 rings (SSSR count). The van der Waals surface area contributed by atoms with Crippen LogP contribution in [-0.2, 0) is 6.42 Å². The smallest absolute Gasteiger partial charge is 0.118 e. The van der Waals surface area contributed by atoms with E-state index in [9.17, 15) is 5.11 Å². The third kappa shape index (κ3) is 4.90. The van der Waals surface area contributed by atoms with Gasteiger partial charge in [-0.15, -0.1) is 0 Å². The Bertz CT molecular complexity index is 284. The molecule has 0 aliphatic heterocycles. The van der Waals surface area contributed by atoms with Gasteiger partial charge >= 0.3 is 0 Å². The third-order valence-corrected chi connectivity index (χ3v) is 3.22. The first-order valence-electron chi connectivity index (χ1n) is 5.56. The van der Waals surface area contributed by atoms with E-state index in [1.54, 1.807) is 18.9 Å². The van der Waals surface area contributed by atoms with Gasteiger partial charge < -0.3 is 9.84 Å². The van der Waals surface area contributed by atoms with E-state index in [4.69, 9.17) is 4.74 Å². The maximum absolute atomic E-state index is 9.70. The Morgan fingerprint density at radius 1 is 1.25 bits per heavy atom. The van der Waals surface area contributed by atoms with E-state index in [1.807, 2.05) is 12.1 Å². The average Bonchev–Trinajstić information content (AvgIpc) is 2.34. The quantitative estimate of drug-likeness (QED) is 0.794. The lowest BCUT2D eigenvalue weighted by Gasteiger charge is -2.09. The Kier molecular flexibility index (Phi) is 6.34. The summed E-state index contributed by atoms with van der Waals surface area (Å²) < 4.78 is 5.10. The van der Waals surface area contributed by atoms with Gasteiger partial charge in [-0.05, 0) is 49.0 Å². The standard InChI is InChI=1S/C13H20O2S/c1-15-13-7-4-11(5-8-13)3-6-12(14)9-10-16-2/h4-5,7-8,12,14H,3,6,9-10H2,1-2H3. The molecule has 0 fully saturated rings. The number of hydrogen-bond donors (Lipinski definition) is 1. The SMILES string of the molecule is COc1ccc(CCC(O)CCSC)cc1. The summed E-state index contributed by atoms with van der Waals surface area (Å²) in [5.41, 5.74) is 1.25. The molecule has 1 aromatic rings. The maximum atomic E-state index is 9.70. The lowest BCUT2D eigenvalue weighted by molar-refractivity contribution is 0.162. The number of thioether (sulfide) groups is 1. The third-order valence-electron chi connectivity index (χ3n) is 2.58. The Hall–Kier alpha value is -0.670. The van der Waals surface area contributed by atoms with Crippen molar-refractivity contribution in [1.29, 1.82) is 0 Å². The summed E-state index contributed by atoms with van der Waals surface area (Å²) in [6.07, 6.45) is 4.55. The minimum atomic E-state index is -0.172. The molecule has 0 radical (unpaired) electrons. The van der Waals surface area contributed by atoms with Crippen molar-refractivity contribution in [2.24, 2.45) is 0 Å². The fourth-order valence-corrected chi connectivity index (χ4v) is 2.03. The van der Waals surface area contributed by atoms with Crippen molar-refractivity contribution in [2.75, 3.05) is 19.1 Å². The first-order chi connectivity index (χ1) is 7.76. The molecule has 1 unspecified atom stereocenters. The Balaban J connectivity index is 2.30. The Morgan fingerprint density at radius 2 is 1.94 bits per heavy atom. The summed E-state index contributed by atoms with van der Waals surface area (Å²) in [4.78, 5) is 0. The summed E-state index contributed by atoms with van der Waals surface area (Å²) in [6.45, 7) is 0. The lowest BCUT2D eigenvalue weighted by Crippen LogP contribution is -2.08. The number of ether oxygens (including phenoxy) is 1. The van der Waals surface area contributed by atoms with E-state index in [2.05, 4.69) is 18.4 Å². The minimum absolute atomic E-state index is 0.172. The highest BCUT2D eigenvalue weighted by molar-refractivity contribution is 7.98. The highest BCUT2D eigenvalue weighted by Crippen LogP contribution is 2.14. The van der Waals surface area contributed by atoms with Crippen molar-refractivity contribution in [3.05, 3.63) is 29.8 Å². The van der Waals surface area contributed by atoms with E-state index in [-0.39, 0.29) is 6.10 Å². The Morgan fingerprint density at radius 3 is 2.50 bits per heavy atom. The van der Waals surface area contributed by atoms with Gasteiger partial charge in [-0.2, -0.15) is 11.8 Å². The number of methoxy groups -OCH3 is 1. The molecule has 0 aromatic heterocycles. The molecule has 16 heavy (non-hydrogen) atoms. The second kappa shape index (κ2) is 7.58. The molecule has 0 saturated carbocycles. The number of aryl methyl sites for hydroxylation is 1. The van der Waals surface area contributed by atoms with E-state index >= 15 is 0 Å². The van der Waals surface area contributed by atoms with Gasteiger partial charge in [0.05, 0.1) is 13.2 Å². The zero-order valence-electron chi connectivity index (χ0n) is 9.98. The van der Waals surface area contributed by atoms with Crippen molar-refractivity contribution in [3.63, 3.8) is 0 Å². The monoisotopic (exact) mass is 240 g/mol. The molecule has 0 saturated heterocycles. The topological polar surface area (TPSA) is 29.5 Å². The van der Waals surface area contributed by atoms with E-state index in [0.717, 1.165) is 30.8 Å². The molecule has 0 heterocycles. The van der Waals surface area contributed by atoms with Crippen LogP contribution in [-0.4, -0.2) is 30.3 Å². The van der Waals surface area contributed by atoms with Crippen molar-refractivity contribution in [3.8, 4) is 5.75 Å². The fraction of sp³-hybridized carbons (Fsp3) is 0.538. The van der Waals surface area contributed by atoms with Gasteiger partial charge in [0.2, 0.25) is 0 Å². The summed E-state index contributed by atoms with van der Waals surface area (Å²) in [5, 5.41) is 9.70. The maximum Gasteiger partial charge on any atom is 0.118 e. The highest BCUT2D eigenvalue weighted by atomic mass is 32.2. The van der Waals surface area contributed by atoms with Crippen LogP contribution in [0.5, 0.6) is 5.75 Å². The van der Waals surface area contributed by atoms with Crippen molar-refractivity contribution in [2.45, 2.75) is 25.4 Å². The summed E-state index contributed by atoms with van der Waals surface area (Å²) in [6, 6.07) is 8.04. The van der Waals surface area contributed by atoms with Crippen LogP contribution in [0.1, 0.15) is 18.4 Å². The number of aliphatic hydroxyl groups is 1. The zero-order valence-corrected chi connectivity index (χ0v) is 10.8. The molecule has 1 N–H and O–H groups in total. The van der Waals surface area contributed by atoms with Crippen molar-refractivity contribution >= 4 is 11.8 Å². The van der Waals surface area contributed by atoms with Gasteiger partial charge in [-0.25, -0.2) is 0 Å². The predicted octanol–water partition coefficient (Wildman–Crippen LogP) is 2.74. The van der Waals surface area contributed by atoms with Crippen LogP contribution < -0.4 is 4.74 Å². The van der Waals surface area contributed by atoms with Crippen LogP contribution in [0.3, 0.4) is 0 Å². The van der Waals surface area contributed by atoms with Crippen LogP contribution in [0.15, 0.2) is 24.3 Å². The van der Waals surface area contributed by atoms with Gasteiger partial charge in [0, 0.05) is 0 Å². The van der Waals surface area contributed by atoms with Crippen LogP contribution in [0, 0.1) is 0 Å². The molecular weight excluding hydrogens is 220 g/mol. The number of hydrogen-bond acceptors (Lipinski definition) is 3. The second-order valence-corrected chi connectivity index (χ2v) is 4.81. The molecule has 3 heteroatoms. The van der Waals surface area contributed by atoms with Gasteiger partial charge in [-0.1, -0.05) is 12.1 Å². The average molecular weight is 240 g/mol. The van der Waals surface area contributed by atoms with Crippen LogP contribution >= 0.6 is 11.8 Å². The molecule has 1 atom stereocenters. The van der Waals surface area contributed by atoms with E-state index < -0.39 is 0 Å². The first kappa shape index (κ1) is 13.4. The van der Waals surface area contributed by atoms with Crippen molar-refractivity contribution < 1.29 is 9.84 Å². The normalized spacial score (nSPS) is 12.4. The first-order valence-corrected chi connectivity index (χ1v) is 6.95. The predicted molar refractivity (Wildman–Crippen MR) is 70.3 cm³/mol. The second-order valence-electron chi connectivity index (χ2n) is 3.82. The minimum Gasteiger partial charge on any atom is -0.497 e. The lowest BCUT2D eigenvalue weighted by atomic mass is 10.1. The molecule has 2 nitrogen and oxygen atoms in total. The molecule has 0 spiro atoms. The highest BCUT2D eigenvalue weighted by Gasteiger charge is 2.04. The molecule has 1 aromatic carbocycles. The molecule has 0 amide bonds. The van der Waals surface area contributed by atoms with E-state index in [1.165, 1.54) is 5.56 Å². The molecule has 0 bridgehead atoms. The van der Waals surface area contributed by atoms with Crippen LogP contribution in [0.4, 0.5) is 0 Å². The van der Waals surface area contributed by atoms with Crippen LogP contribution in [0.25, 0.3) is 0 Å². The molecule has 0 aliphatic rings. The van der Waals surface area contributed by atoms with Gasteiger partial charge in [0.1, 0.15) is 5.75 Å². The number of aliphatic hydroxyl groups excluding tert-OH is 1. The summed E-state index contributed by atoms with van der Waals surface area (Å²) in [7, 11) is 1.67. The number of rotatable bonds is 7. The fourth-order valence-electron chi connectivity index (χ4n) is 1.52.